The number of hydrogen-bond donors (Lipinski definition) is 0. The molecule has 1 heterocycles. The molecule has 0 radical (unpaired) electrons. The molecule has 0 aliphatic carbocycles. The molecule has 2 aromatic carbocycles. The van der Waals surface area contributed by atoms with Crippen LogP contribution in [-0.2, 0) is 11.3 Å². The molecule has 2 amide bonds. The second-order valence-corrected chi connectivity index (χ2v) is 7.22. The lowest BCUT2D eigenvalue weighted by Gasteiger charge is -2.20. The van der Waals surface area contributed by atoms with Crippen molar-refractivity contribution < 1.29 is 19.2 Å². The first-order valence-corrected chi connectivity index (χ1v) is 8.06. The molecule has 0 saturated carbocycles. The van der Waals surface area contributed by atoms with Crippen LogP contribution < -0.4 is 0 Å². The van der Waals surface area contributed by atoms with Gasteiger partial charge in [-0.1, -0.05) is 56.2 Å². The Balaban J connectivity index is 1.85. The van der Waals surface area contributed by atoms with Gasteiger partial charge in [-0.25, -0.2) is 4.79 Å². The van der Waals surface area contributed by atoms with Crippen LogP contribution in [-0.4, -0.2) is 22.8 Å². The van der Waals surface area contributed by atoms with Crippen molar-refractivity contribution in [1.82, 2.24) is 5.06 Å². The zero-order chi connectivity index (χ0) is 18.2. The topological polar surface area (TPSA) is 63.7 Å². The number of hydrogen-bond acceptors (Lipinski definition) is 4. The van der Waals surface area contributed by atoms with E-state index in [2.05, 4.69) is 20.8 Å². The normalized spacial score (nSPS) is 13.8. The Morgan fingerprint density at radius 1 is 0.920 bits per heavy atom. The molecular weight excluding hydrogens is 318 g/mol. The Morgan fingerprint density at radius 2 is 1.44 bits per heavy atom. The summed E-state index contributed by atoms with van der Waals surface area (Å²) in [7, 11) is 0. The van der Waals surface area contributed by atoms with E-state index in [0.29, 0.717) is 17.0 Å². The highest BCUT2D eigenvalue weighted by Gasteiger charge is 2.39. The van der Waals surface area contributed by atoms with Gasteiger partial charge < -0.3 is 4.84 Å². The van der Waals surface area contributed by atoms with Gasteiger partial charge >= 0.3 is 5.97 Å². The molecule has 25 heavy (non-hydrogen) atoms. The Bertz CT molecular complexity index is 829. The fourth-order valence-corrected chi connectivity index (χ4v) is 2.83. The third kappa shape index (κ3) is 3.31. The maximum atomic E-state index is 12.6. The van der Waals surface area contributed by atoms with Crippen LogP contribution in [0.25, 0.3) is 0 Å². The lowest BCUT2D eigenvalue weighted by atomic mass is 9.86. The smallest absolute Gasteiger partial charge is 0.324 e. The predicted molar refractivity (Wildman–Crippen MR) is 92.0 cm³/mol. The zero-order valence-corrected chi connectivity index (χ0v) is 14.4. The Morgan fingerprint density at radius 3 is 2.00 bits per heavy atom. The summed E-state index contributed by atoms with van der Waals surface area (Å²) in [5, 5.41) is 0.543. The number of imide groups is 1. The molecular formula is C20H19NO4. The van der Waals surface area contributed by atoms with E-state index in [1.807, 2.05) is 12.1 Å². The summed E-state index contributed by atoms with van der Waals surface area (Å²) >= 11 is 0. The van der Waals surface area contributed by atoms with Crippen molar-refractivity contribution >= 4 is 17.8 Å². The molecule has 3 rings (SSSR count). The average molecular weight is 337 g/mol. The Labute approximate surface area is 146 Å². The van der Waals surface area contributed by atoms with Gasteiger partial charge in [0.1, 0.15) is 0 Å². The summed E-state index contributed by atoms with van der Waals surface area (Å²) in [6.45, 7) is 6.21. The quantitative estimate of drug-likeness (QED) is 0.802. The monoisotopic (exact) mass is 337 g/mol. The van der Waals surface area contributed by atoms with Crippen LogP contribution in [0.3, 0.4) is 0 Å². The van der Waals surface area contributed by atoms with Crippen LogP contribution in [0.1, 0.15) is 57.4 Å². The van der Waals surface area contributed by atoms with Gasteiger partial charge in [-0.2, -0.15) is 0 Å². The van der Waals surface area contributed by atoms with Gasteiger partial charge in [-0.3, -0.25) is 9.59 Å². The molecule has 5 nitrogen and oxygen atoms in total. The van der Waals surface area contributed by atoms with Crippen LogP contribution >= 0.6 is 0 Å². The first kappa shape index (κ1) is 16.9. The highest BCUT2D eigenvalue weighted by molar-refractivity contribution is 6.21. The third-order valence-corrected chi connectivity index (χ3v) is 3.89. The molecule has 0 spiro atoms. The highest BCUT2D eigenvalue weighted by atomic mass is 16.7. The van der Waals surface area contributed by atoms with Gasteiger partial charge in [0.05, 0.1) is 16.7 Å². The summed E-state index contributed by atoms with van der Waals surface area (Å²) < 4.78 is 0. The molecule has 0 atom stereocenters. The van der Waals surface area contributed by atoms with Crippen LogP contribution in [0.4, 0.5) is 0 Å². The fourth-order valence-electron chi connectivity index (χ4n) is 2.83. The van der Waals surface area contributed by atoms with Crippen molar-refractivity contribution in [1.29, 1.82) is 0 Å². The number of carbonyl (C=O) groups is 3. The van der Waals surface area contributed by atoms with Gasteiger partial charge in [0.15, 0.2) is 0 Å². The summed E-state index contributed by atoms with van der Waals surface area (Å²) in [5.74, 6) is -1.96. The minimum atomic E-state index is -0.714. The van der Waals surface area contributed by atoms with E-state index in [1.54, 1.807) is 24.3 Å². The van der Waals surface area contributed by atoms with Crippen molar-refractivity contribution in [3.63, 3.8) is 0 Å². The van der Waals surface area contributed by atoms with E-state index >= 15 is 0 Å². The van der Waals surface area contributed by atoms with Crippen molar-refractivity contribution in [2.75, 3.05) is 0 Å². The average Bonchev–Trinajstić information content (AvgIpc) is 2.79. The lowest BCUT2D eigenvalue weighted by Crippen LogP contribution is -2.33. The summed E-state index contributed by atoms with van der Waals surface area (Å²) in [6, 6.07) is 13.5. The summed E-state index contributed by atoms with van der Waals surface area (Å²) in [6.07, 6.45) is 0.667. The van der Waals surface area contributed by atoms with E-state index in [-0.39, 0.29) is 16.5 Å². The van der Waals surface area contributed by atoms with Gasteiger partial charge in [-0.05, 0) is 35.6 Å². The number of amides is 2. The van der Waals surface area contributed by atoms with Gasteiger partial charge in [0.2, 0.25) is 0 Å². The maximum absolute atomic E-state index is 12.6. The van der Waals surface area contributed by atoms with Crippen molar-refractivity contribution in [2.24, 2.45) is 5.41 Å². The van der Waals surface area contributed by atoms with Crippen LogP contribution in [0, 0.1) is 5.41 Å². The molecule has 2 aromatic rings. The molecule has 0 fully saturated rings. The number of fused-ring (bicyclic) bond motifs is 1. The van der Waals surface area contributed by atoms with Crippen LogP contribution in [0.2, 0.25) is 0 Å². The molecule has 1 aliphatic heterocycles. The number of nitrogens with zero attached hydrogens (tertiary/aromatic N) is 1. The highest BCUT2D eigenvalue weighted by Crippen LogP contribution is 2.26. The minimum Gasteiger partial charge on any atom is -0.324 e. The second kappa shape index (κ2) is 6.16. The molecule has 128 valence electrons. The van der Waals surface area contributed by atoms with E-state index in [4.69, 9.17) is 4.84 Å². The van der Waals surface area contributed by atoms with Gasteiger partial charge in [-0.15, -0.1) is 0 Å². The standard InChI is InChI=1S/C20H19NO4/c1-20(2,3)12-13-8-4-5-9-14(13)19(24)25-21-17(22)15-10-6-7-11-16(15)18(21)23/h4-11H,12H2,1-3H3. The summed E-state index contributed by atoms with van der Waals surface area (Å²) in [4.78, 5) is 42.4. The van der Waals surface area contributed by atoms with Crippen LogP contribution in [0.15, 0.2) is 48.5 Å². The Hall–Kier alpha value is -2.95. The van der Waals surface area contributed by atoms with Crippen molar-refractivity contribution in [2.45, 2.75) is 27.2 Å². The van der Waals surface area contributed by atoms with Crippen molar-refractivity contribution in [3.8, 4) is 0 Å². The maximum Gasteiger partial charge on any atom is 0.364 e. The third-order valence-electron chi connectivity index (χ3n) is 3.89. The zero-order valence-electron chi connectivity index (χ0n) is 14.4. The molecule has 0 unspecified atom stereocenters. The Kier molecular flexibility index (Phi) is 4.17. The first-order valence-electron chi connectivity index (χ1n) is 8.06. The number of carbonyl (C=O) groups excluding carboxylic acids is 3. The van der Waals surface area contributed by atoms with Crippen LogP contribution in [0.5, 0.6) is 0 Å². The van der Waals surface area contributed by atoms with Crippen molar-refractivity contribution in [3.05, 3.63) is 70.8 Å². The molecule has 5 heteroatoms. The van der Waals surface area contributed by atoms with E-state index in [1.165, 1.54) is 12.1 Å². The second-order valence-electron chi connectivity index (χ2n) is 7.22. The fraction of sp³-hybridized carbons (Fsp3) is 0.250. The molecule has 0 aromatic heterocycles. The number of hydroxylamine groups is 2. The molecule has 1 aliphatic rings. The molecule has 0 saturated heterocycles. The predicted octanol–water partition coefficient (Wildman–Crippen LogP) is 3.64. The van der Waals surface area contributed by atoms with E-state index < -0.39 is 17.8 Å². The summed E-state index contributed by atoms with van der Waals surface area (Å²) in [5.41, 5.74) is 1.63. The largest absolute Gasteiger partial charge is 0.364 e. The lowest BCUT2D eigenvalue weighted by molar-refractivity contribution is -0.0585. The van der Waals surface area contributed by atoms with Gasteiger partial charge in [0.25, 0.3) is 11.8 Å². The number of benzene rings is 2. The molecule has 0 N–H and O–H groups in total. The van der Waals surface area contributed by atoms with Gasteiger partial charge in [0, 0.05) is 0 Å². The SMILES string of the molecule is CC(C)(C)Cc1ccccc1C(=O)ON1C(=O)c2ccccc2C1=O. The number of rotatable bonds is 3. The first-order chi connectivity index (χ1) is 11.8. The molecule has 0 bridgehead atoms. The van der Waals surface area contributed by atoms with E-state index in [9.17, 15) is 14.4 Å². The minimum absolute atomic E-state index is 0.0219. The van der Waals surface area contributed by atoms with E-state index in [0.717, 1.165) is 5.56 Å².